The van der Waals surface area contributed by atoms with Crippen LogP contribution in [0.5, 0.6) is 0 Å². The van der Waals surface area contributed by atoms with Crippen molar-refractivity contribution in [2.75, 3.05) is 6.61 Å². The van der Waals surface area contributed by atoms with E-state index in [1.807, 2.05) is 0 Å². The van der Waals surface area contributed by atoms with Crippen LogP contribution in [0.4, 0.5) is 9.59 Å². The Morgan fingerprint density at radius 1 is 1.28 bits per heavy atom. The maximum Gasteiger partial charge on any atom is 0.408 e. The van der Waals surface area contributed by atoms with Gasteiger partial charge < -0.3 is 20.5 Å². The largest absolute Gasteiger partial charge is 0.447 e. The maximum absolute atomic E-state index is 11.8. The van der Waals surface area contributed by atoms with Gasteiger partial charge in [-0.05, 0) is 33.6 Å². The second kappa shape index (κ2) is 5.46. The molecule has 0 saturated heterocycles. The molecule has 1 aliphatic rings. The zero-order chi connectivity index (χ0) is 13.8. The van der Waals surface area contributed by atoms with Crippen LogP contribution < -0.4 is 11.1 Å². The molecule has 104 valence electrons. The third kappa shape index (κ3) is 4.81. The molecular weight excluding hydrogens is 236 g/mol. The SMILES string of the molecule is CC(C)(C)OC(=O)NC1(COC(N)=O)CCCC1. The van der Waals surface area contributed by atoms with Gasteiger partial charge in [0.25, 0.3) is 0 Å². The molecule has 0 atom stereocenters. The molecule has 1 fully saturated rings. The predicted octanol–water partition coefficient (Wildman–Crippen LogP) is 1.92. The highest BCUT2D eigenvalue weighted by Gasteiger charge is 2.37. The highest BCUT2D eigenvalue weighted by molar-refractivity contribution is 5.69. The number of alkyl carbamates (subject to hydrolysis) is 1. The number of hydrogen-bond acceptors (Lipinski definition) is 4. The quantitative estimate of drug-likeness (QED) is 0.809. The van der Waals surface area contributed by atoms with Crippen LogP contribution in [-0.2, 0) is 9.47 Å². The minimum absolute atomic E-state index is 0.0988. The summed E-state index contributed by atoms with van der Waals surface area (Å²) in [5, 5.41) is 2.81. The second-order valence-electron chi connectivity index (χ2n) is 5.72. The van der Waals surface area contributed by atoms with E-state index in [4.69, 9.17) is 15.2 Å². The Hall–Kier alpha value is -1.46. The van der Waals surface area contributed by atoms with Crippen LogP contribution >= 0.6 is 0 Å². The van der Waals surface area contributed by atoms with Crippen molar-refractivity contribution < 1.29 is 19.1 Å². The number of nitrogens with two attached hydrogens (primary N) is 1. The number of nitrogens with one attached hydrogen (secondary N) is 1. The Labute approximate surface area is 107 Å². The van der Waals surface area contributed by atoms with E-state index in [9.17, 15) is 9.59 Å². The molecule has 0 radical (unpaired) electrons. The van der Waals surface area contributed by atoms with Crippen LogP contribution in [0.3, 0.4) is 0 Å². The van der Waals surface area contributed by atoms with Gasteiger partial charge in [-0.1, -0.05) is 12.8 Å². The summed E-state index contributed by atoms with van der Waals surface area (Å²) in [5.41, 5.74) is 3.88. The molecule has 2 amide bonds. The molecule has 6 nitrogen and oxygen atoms in total. The number of carbonyl (C=O) groups excluding carboxylic acids is 2. The highest BCUT2D eigenvalue weighted by Crippen LogP contribution is 2.30. The fourth-order valence-corrected chi connectivity index (χ4v) is 2.09. The summed E-state index contributed by atoms with van der Waals surface area (Å²) < 4.78 is 10.0. The fraction of sp³-hybridized carbons (Fsp3) is 0.833. The summed E-state index contributed by atoms with van der Waals surface area (Å²) in [6, 6.07) is 0. The second-order valence-corrected chi connectivity index (χ2v) is 5.72. The third-order valence-corrected chi connectivity index (χ3v) is 2.82. The molecule has 0 spiro atoms. The fourth-order valence-electron chi connectivity index (χ4n) is 2.09. The molecule has 3 N–H and O–H groups in total. The van der Waals surface area contributed by atoms with E-state index in [0.29, 0.717) is 0 Å². The van der Waals surface area contributed by atoms with Gasteiger partial charge in [0.15, 0.2) is 0 Å². The Kier molecular flexibility index (Phi) is 4.43. The van der Waals surface area contributed by atoms with Crippen LogP contribution in [0.25, 0.3) is 0 Å². The van der Waals surface area contributed by atoms with Gasteiger partial charge in [0.2, 0.25) is 0 Å². The number of carbonyl (C=O) groups is 2. The maximum atomic E-state index is 11.8. The lowest BCUT2D eigenvalue weighted by Gasteiger charge is -2.30. The van der Waals surface area contributed by atoms with Gasteiger partial charge in [-0.15, -0.1) is 0 Å². The first-order valence-electron chi connectivity index (χ1n) is 6.16. The first kappa shape index (κ1) is 14.6. The lowest BCUT2D eigenvalue weighted by Crippen LogP contribution is -2.51. The topological polar surface area (TPSA) is 90.7 Å². The summed E-state index contributed by atoms with van der Waals surface area (Å²) in [7, 11) is 0. The molecule has 0 aromatic carbocycles. The van der Waals surface area contributed by atoms with Gasteiger partial charge in [-0.25, -0.2) is 9.59 Å². The number of rotatable bonds is 3. The van der Waals surface area contributed by atoms with E-state index >= 15 is 0 Å². The van der Waals surface area contributed by atoms with E-state index in [1.54, 1.807) is 20.8 Å². The summed E-state index contributed by atoms with van der Waals surface area (Å²) in [5.74, 6) is 0. The monoisotopic (exact) mass is 258 g/mol. The van der Waals surface area contributed by atoms with E-state index < -0.39 is 23.3 Å². The van der Waals surface area contributed by atoms with Gasteiger partial charge in [0.05, 0.1) is 5.54 Å². The van der Waals surface area contributed by atoms with Crippen LogP contribution in [0, 0.1) is 0 Å². The number of primary amides is 1. The molecule has 0 aliphatic heterocycles. The van der Waals surface area contributed by atoms with Crippen molar-refractivity contribution in [3.8, 4) is 0 Å². The van der Waals surface area contributed by atoms with Gasteiger partial charge in [-0.2, -0.15) is 0 Å². The average Bonchev–Trinajstić information content (AvgIpc) is 2.61. The van der Waals surface area contributed by atoms with Crippen molar-refractivity contribution in [1.29, 1.82) is 0 Å². The van der Waals surface area contributed by atoms with Crippen LogP contribution in [0.2, 0.25) is 0 Å². The predicted molar refractivity (Wildman–Crippen MR) is 66.1 cm³/mol. The van der Waals surface area contributed by atoms with Crippen molar-refractivity contribution in [2.24, 2.45) is 5.73 Å². The van der Waals surface area contributed by atoms with Crippen molar-refractivity contribution in [3.63, 3.8) is 0 Å². The van der Waals surface area contributed by atoms with Gasteiger partial charge in [-0.3, -0.25) is 0 Å². The Morgan fingerprint density at radius 3 is 2.28 bits per heavy atom. The molecule has 0 bridgehead atoms. The van der Waals surface area contributed by atoms with Gasteiger partial charge in [0.1, 0.15) is 12.2 Å². The van der Waals surface area contributed by atoms with Gasteiger partial charge in [0, 0.05) is 0 Å². The molecule has 0 aromatic heterocycles. The van der Waals surface area contributed by atoms with E-state index in [2.05, 4.69) is 5.32 Å². The van der Waals surface area contributed by atoms with Crippen molar-refractivity contribution in [2.45, 2.75) is 57.6 Å². The Morgan fingerprint density at radius 2 is 1.83 bits per heavy atom. The van der Waals surface area contributed by atoms with E-state index in [1.165, 1.54) is 0 Å². The Bertz CT molecular complexity index is 317. The zero-order valence-electron chi connectivity index (χ0n) is 11.2. The van der Waals surface area contributed by atoms with E-state index in [-0.39, 0.29) is 6.61 Å². The third-order valence-electron chi connectivity index (χ3n) is 2.82. The molecule has 18 heavy (non-hydrogen) atoms. The minimum atomic E-state index is -0.827. The molecule has 0 heterocycles. The van der Waals surface area contributed by atoms with Gasteiger partial charge >= 0.3 is 12.2 Å². The lowest BCUT2D eigenvalue weighted by atomic mass is 9.99. The van der Waals surface area contributed by atoms with Crippen molar-refractivity contribution >= 4 is 12.2 Å². The summed E-state index contributed by atoms with van der Waals surface area (Å²) in [4.78, 5) is 22.4. The first-order valence-corrected chi connectivity index (χ1v) is 6.16. The van der Waals surface area contributed by atoms with Crippen LogP contribution in [0.1, 0.15) is 46.5 Å². The summed E-state index contributed by atoms with van der Waals surface area (Å²) in [6.07, 6.45) is 2.18. The molecule has 0 unspecified atom stereocenters. The lowest BCUT2D eigenvalue weighted by molar-refractivity contribution is 0.0383. The molecule has 1 rings (SSSR count). The normalized spacial score (nSPS) is 18.2. The number of hydrogen-bond donors (Lipinski definition) is 2. The summed E-state index contributed by atoms with van der Waals surface area (Å²) >= 11 is 0. The highest BCUT2D eigenvalue weighted by atomic mass is 16.6. The molecule has 6 heteroatoms. The molecule has 0 aromatic rings. The van der Waals surface area contributed by atoms with Crippen molar-refractivity contribution in [1.82, 2.24) is 5.32 Å². The zero-order valence-corrected chi connectivity index (χ0v) is 11.2. The van der Waals surface area contributed by atoms with E-state index in [0.717, 1.165) is 25.7 Å². The standard InChI is InChI=1S/C12H22N2O4/c1-11(2,3)18-10(16)14-12(6-4-5-7-12)8-17-9(13)15/h4-8H2,1-3H3,(H2,13,15)(H,14,16). The first-order chi connectivity index (χ1) is 8.22. The van der Waals surface area contributed by atoms with Crippen LogP contribution in [0.15, 0.2) is 0 Å². The van der Waals surface area contributed by atoms with Crippen LogP contribution in [-0.4, -0.2) is 29.9 Å². The average molecular weight is 258 g/mol. The minimum Gasteiger partial charge on any atom is -0.447 e. The number of ether oxygens (including phenoxy) is 2. The molecular formula is C12H22N2O4. The van der Waals surface area contributed by atoms with Crippen molar-refractivity contribution in [3.05, 3.63) is 0 Å². The summed E-state index contributed by atoms with van der Waals surface area (Å²) in [6.45, 7) is 5.50. The Balaban J connectivity index is 2.57. The smallest absolute Gasteiger partial charge is 0.408 e. The number of amides is 2. The molecule has 1 saturated carbocycles. The molecule has 1 aliphatic carbocycles.